The molecule has 6 rings (SSSR count). The first-order chi connectivity index (χ1) is 14.7. The van der Waals surface area contributed by atoms with Crippen LogP contribution < -0.4 is 0 Å². The predicted octanol–water partition coefficient (Wildman–Crippen LogP) is 4.73. The third-order valence-electron chi connectivity index (χ3n) is 5.83. The highest BCUT2D eigenvalue weighted by Crippen LogP contribution is 2.36. The number of aryl methyl sites for hydroxylation is 4. The SMILES string of the molecule is Cc1cc(C)n(Cc2ccc(-c3nc4c5c6c(sc5ncn4n3)CCCCC6)o2)n1. The third kappa shape index (κ3) is 2.86. The Bertz CT molecular complexity index is 1390. The molecule has 0 spiro atoms. The van der Waals surface area contributed by atoms with Crippen LogP contribution in [0.15, 0.2) is 28.9 Å². The molecule has 1 aliphatic rings. The van der Waals surface area contributed by atoms with Crippen molar-refractivity contribution in [1.29, 1.82) is 0 Å². The quantitative estimate of drug-likeness (QED) is 0.396. The van der Waals surface area contributed by atoms with Gasteiger partial charge in [0.2, 0.25) is 5.82 Å². The summed E-state index contributed by atoms with van der Waals surface area (Å²) in [5, 5.41) is 10.3. The molecule has 30 heavy (non-hydrogen) atoms. The number of aromatic nitrogens is 6. The summed E-state index contributed by atoms with van der Waals surface area (Å²) in [4.78, 5) is 12.1. The van der Waals surface area contributed by atoms with E-state index in [4.69, 9.17) is 9.40 Å². The molecule has 0 aliphatic heterocycles. The zero-order chi connectivity index (χ0) is 20.2. The average molecular weight is 419 g/mol. The molecule has 5 aromatic heterocycles. The van der Waals surface area contributed by atoms with Crippen LogP contribution in [0.4, 0.5) is 0 Å². The van der Waals surface area contributed by atoms with Gasteiger partial charge in [0.1, 0.15) is 16.9 Å². The van der Waals surface area contributed by atoms with Gasteiger partial charge >= 0.3 is 0 Å². The summed E-state index contributed by atoms with van der Waals surface area (Å²) < 4.78 is 9.81. The van der Waals surface area contributed by atoms with Gasteiger partial charge in [-0.3, -0.25) is 4.68 Å². The van der Waals surface area contributed by atoms with Gasteiger partial charge in [-0.1, -0.05) is 6.42 Å². The van der Waals surface area contributed by atoms with E-state index in [-0.39, 0.29) is 0 Å². The number of furan rings is 1. The lowest BCUT2D eigenvalue weighted by Crippen LogP contribution is -2.02. The van der Waals surface area contributed by atoms with Crippen LogP contribution in [0.3, 0.4) is 0 Å². The van der Waals surface area contributed by atoms with Gasteiger partial charge in [0.25, 0.3) is 0 Å². The van der Waals surface area contributed by atoms with Crippen LogP contribution in [-0.4, -0.2) is 29.4 Å². The van der Waals surface area contributed by atoms with E-state index >= 15 is 0 Å². The summed E-state index contributed by atoms with van der Waals surface area (Å²) in [7, 11) is 0. The molecule has 0 saturated carbocycles. The van der Waals surface area contributed by atoms with Gasteiger partial charge in [-0.15, -0.1) is 16.4 Å². The summed E-state index contributed by atoms with van der Waals surface area (Å²) in [6.07, 6.45) is 7.81. The van der Waals surface area contributed by atoms with Crippen molar-refractivity contribution in [2.75, 3.05) is 0 Å². The van der Waals surface area contributed by atoms with Crippen molar-refractivity contribution in [2.45, 2.75) is 52.5 Å². The summed E-state index contributed by atoms with van der Waals surface area (Å²) in [5.74, 6) is 2.10. The van der Waals surface area contributed by atoms with E-state index in [0.717, 1.165) is 40.5 Å². The van der Waals surface area contributed by atoms with Gasteiger partial charge in [0.05, 0.1) is 17.6 Å². The van der Waals surface area contributed by atoms with Crippen LogP contribution in [0.5, 0.6) is 0 Å². The number of fused-ring (bicyclic) bond motifs is 5. The molecule has 8 heteroatoms. The molecule has 0 fully saturated rings. The molecule has 0 saturated heterocycles. The number of rotatable bonds is 3. The average Bonchev–Trinajstić information content (AvgIpc) is 3.46. The Balaban J connectivity index is 1.40. The molecule has 0 amide bonds. The zero-order valence-corrected chi connectivity index (χ0v) is 17.9. The standard InChI is InChI=1S/C22H22N6OS/c1-13-10-14(2)27(25-13)11-15-8-9-17(29-15)20-24-21-19-16-6-4-3-5-7-18(16)30-22(19)23-12-28(21)26-20/h8-10,12H,3-7,11H2,1-2H3. The minimum Gasteiger partial charge on any atom is -0.456 e. The fraction of sp³-hybridized carbons (Fsp3) is 0.364. The summed E-state index contributed by atoms with van der Waals surface area (Å²) in [6, 6.07) is 5.98. The molecule has 7 nitrogen and oxygen atoms in total. The Morgan fingerprint density at radius 3 is 2.87 bits per heavy atom. The Labute approximate surface area is 177 Å². The monoisotopic (exact) mass is 418 g/mol. The van der Waals surface area contributed by atoms with Gasteiger partial charge in [0, 0.05) is 10.6 Å². The van der Waals surface area contributed by atoms with Crippen molar-refractivity contribution >= 4 is 27.2 Å². The van der Waals surface area contributed by atoms with Gasteiger partial charge in [-0.2, -0.15) is 5.10 Å². The number of hydrogen-bond donors (Lipinski definition) is 0. The second kappa shape index (κ2) is 6.77. The van der Waals surface area contributed by atoms with Gasteiger partial charge in [0.15, 0.2) is 11.4 Å². The largest absolute Gasteiger partial charge is 0.456 e. The van der Waals surface area contributed by atoms with Crippen molar-refractivity contribution in [2.24, 2.45) is 0 Å². The topological polar surface area (TPSA) is 74.0 Å². The van der Waals surface area contributed by atoms with E-state index in [1.807, 2.05) is 35.1 Å². The fourth-order valence-corrected chi connectivity index (χ4v) is 5.62. The lowest BCUT2D eigenvalue weighted by atomic mass is 10.1. The maximum atomic E-state index is 6.08. The molecule has 1 aliphatic carbocycles. The van der Waals surface area contributed by atoms with Gasteiger partial charge < -0.3 is 4.42 Å². The van der Waals surface area contributed by atoms with Gasteiger partial charge in [-0.05, 0) is 63.3 Å². The first-order valence-corrected chi connectivity index (χ1v) is 11.2. The van der Waals surface area contributed by atoms with E-state index in [9.17, 15) is 0 Å². The van der Waals surface area contributed by atoms with Gasteiger partial charge in [-0.25, -0.2) is 14.5 Å². The van der Waals surface area contributed by atoms with Crippen molar-refractivity contribution in [1.82, 2.24) is 29.4 Å². The summed E-state index contributed by atoms with van der Waals surface area (Å²) in [6.45, 7) is 4.64. The molecule has 0 aromatic carbocycles. The highest BCUT2D eigenvalue weighted by molar-refractivity contribution is 7.19. The number of nitrogens with zero attached hydrogens (tertiary/aromatic N) is 6. The molecule has 0 atom stereocenters. The summed E-state index contributed by atoms with van der Waals surface area (Å²) in [5.41, 5.74) is 4.43. The molecule has 0 bridgehead atoms. The molecule has 5 heterocycles. The Hall–Kier alpha value is -3.00. The van der Waals surface area contributed by atoms with E-state index in [0.29, 0.717) is 18.1 Å². The normalized spacial score (nSPS) is 14.5. The van der Waals surface area contributed by atoms with E-state index in [2.05, 4.69) is 28.2 Å². The van der Waals surface area contributed by atoms with Crippen LogP contribution in [0.25, 0.3) is 27.4 Å². The highest BCUT2D eigenvalue weighted by atomic mass is 32.1. The number of hydrogen-bond acceptors (Lipinski definition) is 6. The van der Waals surface area contributed by atoms with E-state index in [1.54, 1.807) is 10.8 Å². The van der Waals surface area contributed by atoms with Crippen LogP contribution in [0.2, 0.25) is 0 Å². The second-order valence-electron chi connectivity index (χ2n) is 8.04. The van der Waals surface area contributed by atoms with Crippen molar-refractivity contribution in [3.8, 4) is 11.6 Å². The van der Waals surface area contributed by atoms with Crippen LogP contribution >= 0.6 is 11.3 Å². The maximum Gasteiger partial charge on any atom is 0.217 e. The second-order valence-corrected chi connectivity index (χ2v) is 9.13. The molecule has 152 valence electrons. The molecule has 0 unspecified atom stereocenters. The fourth-order valence-electron chi connectivity index (χ4n) is 4.40. The first kappa shape index (κ1) is 17.8. The Morgan fingerprint density at radius 2 is 2.00 bits per heavy atom. The van der Waals surface area contributed by atoms with E-state index < -0.39 is 0 Å². The molecule has 0 radical (unpaired) electrons. The first-order valence-electron chi connectivity index (χ1n) is 10.4. The van der Waals surface area contributed by atoms with Crippen LogP contribution in [0, 0.1) is 13.8 Å². The minimum atomic E-state index is 0.594. The maximum absolute atomic E-state index is 6.08. The van der Waals surface area contributed by atoms with Crippen molar-refractivity contribution in [3.05, 3.63) is 52.1 Å². The molecule has 5 aromatic rings. The Kier molecular flexibility index (Phi) is 4.02. The zero-order valence-electron chi connectivity index (χ0n) is 17.1. The van der Waals surface area contributed by atoms with Crippen molar-refractivity contribution < 1.29 is 4.42 Å². The molecular formula is C22H22N6OS. The third-order valence-corrected chi connectivity index (χ3v) is 7.03. The summed E-state index contributed by atoms with van der Waals surface area (Å²) >= 11 is 1.82. The number of thiophene rings is 1. The van der Waals surface area contributed by atoms with Crippen molar-refractivity contribution in [3.63, 3.8) is 0 Å². The van der Waals surface area contributed by atoms with Crippen LogP contribution in [-0.2, 0) is 19.4 Å². The smallest absolute Gasteiger partial charge is 0.217 e. The molecule has 0 N–H and O–H groups in total. The Morgan fingerprint density at radius 1 is 1.10 bits per heavy atom. The predicted molar refractivity (Wildman–Crippen MR) is 116 cm³/mol. The van der Waals surface area contributed by atoms with Crippen LogP contribution in [0.1, 0.15) is 46.9 Å². The molecular weight excluding hydrogens is 396 g/mol. The lowest BCUT2D eigenvalue weighted by Gasteiger charge is -2.00. The van der Waals surface area contributed by atoms with E-state index in [1.165, 1.54) is 35.1 Å². The minimum absolute atomic E-state index is 0.594. The lowest BCUT2D eigenvalue weighted by molar-refractivity contribution is 0.483. The highest BCUT2D eigenvalue weighted by Gasteiger charge is 2.21.